The van der Waals surface area contributed by atoms with Crippen molar-refractivity contribution in [3.05, 3.63) is 88.4 Å². The summed E-state index contributed by atoms with van der Waals surface area (Å²) in [5.74, 6) is 1.57. The van der Waals surface area contributed by atoms with Crippen LogP contribution in [0, 0.1) is 11.8 Å². The molecule has 0 saturated heterocycles. The average molecular weight is 612 g/mol. The second-order valence-electron chi connectivity index (χ2n) is 11.4. The number of rotatable bonds is 14. The molecule has 8 nitrogen and oxygen atoms in total. The van der Waals surface area contributed by atoms with Crippen LogP contribution in [-0.2, 0) is 22.9 Å². The van der Waals surface area contributed by atoms with E-state index in [0.717, 1.165) is 34.8 Å². The Labute approximate surface area is 255 Å². The van der Waals surface area contributed by atoms with Crippen molar-refractivity contribution in [3.8, 4) is 0 Å². The third-order valence-electron chi connectivity index (χ3n) is 8.13. The van der Waals surface area contributed by atoms with E-state index in [1.54, 1.807) is 13.0 Å². The molecule has 0 aliphatic heterocycles. The number of amides is 1. The van der Waals surface area contributed by atoms with Gasteiger partial charge in [-0.25, -0.2) is 13.4 Å². The minimum absolute atomic E-state index is 0.0764. The van der Waals surface area contributed by atoms with Gasteiger partial charge in [-0.2, -0.15) is 0 Å². The molecule has 4 rings (SSSR count). The van der Waals surface area contributed by atoms with Gasteiger partial charge in [0, 0.05) is 43.3 Å². The second kappa shape index (κ2) is 13.9. The van der Waals surface area contributed by atoms with Crippen LogP contribution in [0.15, 0.2) is 66.7 Å². The minimum Gasteiger partial charge on any atom is -0.359 e. The fourth-order valence-electron chi connectivity index (χ4n) is 5.08. The lowest BCUT2D eigenvalue weighted by Crippen LogP contribution is -2.49. The van der Waals surface area contributed by atoms with E-state index in [0.29, 0.717) is 41.1 Å². The van der Waals surface area contributed by atoms with E-state index in [9.17, 15) is 13.2 Å². The van der Waals surface area contributed by atoms with Gasteiger partial charge in [-0.3, -0.25) is 9.10 Å². The Morgan fingerprint density at radius 2 is 1.74 bits per heavy atom. The first-order valence-electron chi connectivity index (χ1n) is 14.5. The number of nitrogens with two attached hydrogens (primary N) is 1. The predicted octanol–water partition coefficient (Wildman–Crippen LogP) is 4.91. The fourth-order valence-corrected chi connectivity index (χ4v) is 6.06. The van der Waals surface area contributed by atoms with Gasteiger partial charge in [0.2, 0.25) is 10.0 Å². The predicted molar refractivity (Wildman–Crippen MR) is 172 cm³/mol. The molecule has 1 saturated carbocycles. The molecule has 3 N–H and O–H groups in total. The number of hydrogen-bond donors (Lipinski definition) is 2. The van der Waals surface area contributed by atoms with E-state index in [-0.39, 0.29) is 29.6 Å². The van der Waals surface area contributed by atoms with Gasteiger partial charge in [0.15, 0.2) is 0 Å². The SMILES string of the molecule is CCS(=O)(=O)N(C)c1cc(C(=O)N[C@@H](Cc2ccccc2)[C@@H](N)CCc2cccc(Cl)c2)cc(N(C)CC2CC2C)n1. The first-order chi connectivity index (χ1) is 20.0. The molecule has 1 amide bonds. The van der Waals surface area contributed by atoms with Crippen LogP contribution in [0.4, 0.5) is 11.6 Å². The summed E-state index contributed by atoms with van der Waals surface area (Å²) in [6.45, 7) is 4.59. The summed E-state index contributed by atoms with van der Waals surface area (Å²) >= 11 is 6.17. The van der Waals surface area contributed by atoms with Crippen molar-refractivity contribution in [2.45, 2.75) is 51.6 Å². The van der Waals surface area contributed by atoms with Crippen LogP contribution in [0.25, 0.3) is 0 Å². The lowest BCUT2D eigenvalue weighted by Gasteiger charge is -2.27. The van der Waals surface area contributed by atoms with E-state index in [1.807, 2.05) is 66.5 Å². The van der Waals surface area contributed by atoms with E-state index >= 15 is 0 Å². The molecule has 0 bridgehead atoms. The summed E-state index contributed by atoms with van der Waals surface area (Å²) in [5, 5.41) is 3.85. The van der Waals surface area contributed by atoms with Crippen molar-refractivity contribution < 1.29 is 13.2 Å². The van der Waals surface area contributed by atoms with Gasteiger partial charge in [-0.1, -0.05) is 61.0 Å². The molecule has 1 aliphatic carbocycles. The van der Waals surface area contributed by atoms with Gasteiger partial charge < -0.3 is 16.0 Å². The molecule has 1 aliphatic rings. The quantitative estimate of drug-likeness (QED) is 0.268. The number of nitrogens with zero attached hydrogens (tertiary/aromatic N) is 3. The van der Waals surface area contributed by atoms with Gasteiger partial charge in [0.1, 0.15) is 11.6 Å². The molecule has 2 unspecified atom stereocenters. The normalized spacial score (nSPS) is 17.8. The summed E-state index contributed by atoms with van der Waals surface area (Å²) in [5.41, 5.74) is 9.21. The number of aromatic nitrogens is 1. The standard InChI is InChI=1S/C32H42ClN5O3S/c1-5-42(40,41)38(4)31-20-25(19-30(36-31)37(3)21-26-16-22(26)2)32(39)35-29(18-23-10-7-6-8-11-23)28(34)15-14-24-12-9-13-27(33)17-24/h6-13,17,19-20,22,26,28-29H,5,14-16,18,21,34H2,1-4H3,(H,35,39)/t22?,26?,28-,29-/m0/s1. The van der Waals surface area contributed by atoms with E-state index in [4.69, 9.17) is 17.3 Å². The monoisotopic (exact) mass is 611 g/mol. The Morgan fingerprint density at radius 3 is 2.38 bits per heavy atom. The largest absolute Gasteiger partial charge is 0.359 e. The number of aryl methyl sites for hydroxylation is 1. The Hall–Kier alpha value is -3.14. The highest BCUT2D eigenvalue weighted by atomic mass is 35.5. The summed E-state index contributed by atoms with van der Waals surface area (Å²) in [7, 11) is -0.179. The first-order valence-corrected chi connectivity index (χ1v) is 16.5. The number of hydrogen-bond acceptors (Lipinski definition) is 6. The molecule has 42 heavy (non-hydrogen) atoms. The number of anilines is 2. The zero-order valence-corrected chi connectivity index (χ0v) is 26.4. The number of benzene rings is 2. The molecular formula is C32H42ClN5O3S. The van der Waals surface area contributed by atoms with Crippen molar-refractivity contribution in [1.82, 2.24) is 10.3 Å². The number of halogens is 1. The zero-order valence-electron chi connectivity index (χ0n) is 24.8. The summed E-state index contributed by atoms with van der Waals surface area (Å²) in [4.78, 5) is 20.5. The topological polar surface area (TPSA) is 109 Å². The number of carbonyl (C=O) groups is 1. The molecule has 2 aromatic carbocycles. The molecule has 0 radical (unpaired) electrons. The molecule has 10 heteroatoms. The zero-order chi connectivity index (χ0) is 30.4. The maximum atomic E-state index is 13.8. The van der Waals surface area contributed by atoms with Crippen molar-refractivity contribution >= 4 is 39.2 Å². The Balaban J connectivity index is 1.60. The third kappa shape index (κ3) is 8.46. The average Bonchev–Trinajstić information content (AvgIpc) is 3.68. The molecule has 1 heterocycles. The Bertz CT molecular complexity index is 1470. The maximum Gasteiger partial charge on any atom is 0.251 e. The lowest BCUT2D eigenvalue weighted by molar-refractivity contribution is 0.0929. The highest BCUT2D eigenvalue weighted by Gasteiger charge is 2.34. The number of sulfonamides is 1. The van der Waals surface area contributed by atoms with E-state index in [2.05, 4.69) is 17.2 Å². The Kier molecular flexibility index (Phi) is 10.5. The molecule has 0 spiro atoms. The Morgan fingerprint density at radius 1 is 1.07 bits per heavy atom. The lowest BCUT2D eigenvalue weighted by atomic mass is 9.94. The van der Waals surface area contributed by atoms with Gasteiger partial charge in [-0.05, 0) is 79.8 Å². The van der Waals surface area contributed by atoms with Crippen LogP contribution in [0.2, 0.25) is 5.02 Å². The summed E-state index contributed by atoms with van der Waals surface area (Å²) in [6.07, 6.45) is 3.06. The molecule has 1 aromatic heterocycles. The highest BCUT2D eigenvalue weighted by molar-refractivity contribution is 7.92. The smallest absolute Gasteiger partial charge is 0.251 e. The molecule has 4 atom stereocenters. The molecule has 3 aromatic rings. The van der Waals surface area contributed by atoms with Gasteiger partial charge >= 0.3 is 0 Å². The fraction of sp³-hybridized carbons (Fsp3) is 0.438. The number of carbonyl (C=O) groups excluding carboxylic acids is 1. The van der Waals surface area contributed by atoms with Crippen LogP contribution in [0.1, 0.15) is 48.2 Å². The van der Waals surface area contributed by atoms with Crippen LogP contribution in [0.3, 0.4) is 0 Å². The summed E-state index contributed by atoms with van der Waals surface area (Å²) < 4.78 is 26.6. The van der Waals surface area contributed by atoms with Crippen molar-refractivity contribution in [3.63, 3.8) is 0 Å². The van der Waals surface area contributed by atoms with Gasteiger partial charge in [-0.15, -0.1) is 0 Å². The highest BCUT2D eigenvalue weighted by Crippen LogP contribution is 2.38. The van der Waals surface area contributed by atoms with Gasteiger partial charge in [0.05, 0.1) is 5.75 Å². The van der Waals surface area contributed by atoms with Crippen LogP contribution in [-0.4, -0.2) is 57.8 Å². The van der Waals surface area contributed by atoms with Crippen LogP contribution >= 0.6 is 11.6 Å². The first kappa shape index (κ1) is 31.8. The van der Waals surface area contributed by atoms with Crippen molar-refractivity contribution in [2.75, 3.05) is 35.6 Å². The third-order valence-corrected chi connectivity index (χ3v) is 10.1. The molecule has 1 fully saturated rings. The van der Waals surface area contributed by atoms with E-state index < -0.39 is 10.0 Å². The maximum absolute atomic E-state index is 13.8. The molecule has 226 valence electrons. The van der Waals surface area contributed by atoms with Crippen molar-refractivity contribution in [2.24, 2.45) is 17.6 Å². The second-order valence-corrected chi connectivity index (χ2v) is 14.1. The summed E-state index contributed by atoms with van der Waals surface area (Å²) in [6, 6.07) is 20.2. The van der Waals surface area contributed by atoms with Crippen LogP contribution < -0.4 is 20.3 Å². The molecular weight excluding hydrogens is 570 g/mol. The minimum atomic E-state index is -3.58. The number of pyridine rings is 1. The number of nitrogens with one attached hydrogen (secondary N) is 1. The van der Waals surface area contributed by atoms with E-state index in [1.165, 1.54) is 13.1 Å². The van der Waals surface area contributed by atoms with Gasteiger partial charge in [0.25, 0.3) is 5.91 Å². The van der Waals surface area contributed by atoms with Crippen molar-refractivity contribution in [1.29, 1.82) is 0 Å². The van der Waals surface area contributed by atoms with Crippen LogP contribution in [0.5, 0.6) is 0 Å².